The smallest absolute Gasteiger partial charge is 0.175 e. The van der Waals surface area contributed by atoms with Crippen molar-refractivity contribution in [1.29, 1.82) is 0 Å². The van der Waals surface area contributed by atoms with Gasteiger partial charge < -0.3 is 10.2 Å². The Morgan fingerprint density at radius 2 is 2.12 bits per heavy atom. The molecule has 1 aliphatic heterocycles. The zero-order valence-corrected chi connectivity index (χ0v) is 11.3. The second kappa shape index (κ2) is 5.76. The second-order valence-corrected chi connectivity index (χ2v) is 6.06. The highest BCUT2D eigenvalue weighted by Gasteiger charge is 2.23. The summed E-state index contributed by atoms with van der Waals surface area (Å²) in [7, 11) is 4.10. The van der Waals surface area contributed by atoms with Crippen LogP contribution in [0.4, 0.5) is 0 Å². The molecule has 2 rings (SSSR count). The van der Waals surface area contributed by atoms with Crippen LogP contribution in [0.1, 0.15) is 27.4 Å². The molecule has 0 atom stereocenters. The third kappa shape index (κ3) is 3.37. The van der Waals surface area contributed by atoms with Gasteiger partial charge in [0.25, 0.3) is 0 Å². The van der Waals surface area contributed by atoms with Crippen molar-refractivity contribution in [3.63, 3.8) is 0 Å². The summed E-state index contributed by atoms with van der Waals surface area (Å²) in [4.78, 5) is 16.6. The number of rotatable bonds is 4. The molecule has 0 radical (unpaired) electrons. The molecule has 3 nitrogen and oxygen atoms in total. The Kier molecular flexibility index (Phi) is 4.31. The van der Waals surface area contributed by atoms with E-state index in [1.807, 2.05) is 20.2 Å². The number of carbonyl (C=O) groups excluding carboxylic acids is 1. The Morgan fingerprint density at radius 1 is 1.41 bits per heavy atom. The number of hydrogen-bond donors (Lipinski definition) is 1. The van der Waals surface area contributed by atoms with Crippen LogP contribution in [-0.2, 0) is 6.54 Å². The lowest BCUT2D eigenvalue weighted by molar-refractivity contribution is 0.0899. The van der Waals surface area contributed by atoms with Crippen LogP contribution < -0.4 is 5.32 Å². The van der Waals surface area contributed by atoms with Gasteiger partial charge in [-0.25, -0.2) is 0 Å². The van der Waals surface area contributed by atoms with Crippen molar-refractivity contribution in [2.45, 2.75) is 19.4 Å². The summed E-state index contributed by atoms with van der Waals surface area (Å²) in [5, 5.41) is 3.30. The van der Waals surface area contributed by atoms with Gasteiger partial charge in [0.2, 0.25) is 0 Å². The molecule has 0 aromatic carbocycles. The molecule has 1 aromatic rings. The third-order valence-corrected chi connectivity index (χ3v) is 4.17. The van der Waals surface area contributed by atoms with Crippen LogP contribution in [0.3, 0.4) is 0 Å². The van der Waals surface area contributed by atoms with Crippen LogP contribution >= 0.6 is 11.3 Å². The first kappa shape index (κ1) is 12.7. The van der Waals surface area contributed by atoms with E-state index < -0.39 is 0 Å². The molecule has 0 unspecified atom stereocenters. The lowest BCUT2D eigenvalue weighted by Gasteiger charge is -2.20. The standard InChI is InChI=1S/C13H20N2OS/c1-15(2)9-11-3-4-12(17-11)13(16)10-5-7-14-8-6-10/h3-4,10,14H,5-9H2,1-2H3. The largest absolute Gasteiger partial charge is 0.317 e. The fourth-order valence-electron chi connectivity index (χ4n) is 2.19. The lowest BCUT2D eigenvalue weighted by atomic mass is 9.93. The van der Waals surface area contributed by atoms with Crippen LogP contribution in [0, 0.1) is 5.92 Å². The topological polar surface area (TPSA) is 32.3 Å². The molecule has 94 valence electrons. The van der Waals surface area contributed by atoms with Crippen molar-refractivity contribution < 1.29 is 4.79 Å². The van der Waals surface area contributed by atoms with Gasteiger partial charge in [0.05, 0.1) is 4.88 Å². The molecule has 0 spiro atoms. The van der Waals surface area contributed by atoms with E-state index in [1.165, 1.54) is 4.88 Å². The minimum absolute atomic E-state index is 0.238. The molecule has 0 aliphatic carbocycles. The van der Waals surface area contributed by atoms with E-state index in [-0.39, 0.29) is 5.92 Å². The van der Waals surface area contributed by atoms with Gasteiger partial charge in [-0.15, -0.1) is 11.3 Å². The zero-order valence-electron chi connectivity index (χ0n) is 10.5. The van der Waals surface area contributed by atoms with Gasteiger partial charge in [0.15, 0.2) is 5.78 Å². The molecular weight excluding hydrogens is 232 g/mol. The molecule has 0 amide bonds. The molecule has 17 heavy (non-hydrogen) atoms. The Bertz CT molecular complexity index is 381. The molecule has 4 heteroatoms. The second-order valence-electron chi connectivity index (χ2n) is 4.89. The first-order valence-corrected chi connectivity index (χ1v) is 6.97. The summed E-state index contributed by atoms with van der Waals surface area (Å²) in [6.07, 6.45) is 1.97. The molecule has 0 bridgehead atoms. The number of piperidine rings is 1. The summed E-state index contributed by atoms with van der Waals surface area (Å²) in [6.45, 7) is 2.88. The van der Waals surface area contributed by atoms with Crippen molar-refractivity contribution >= 4 is 17.1 Å². The highest BCUT2D eigenvalue weighted by molar-refractivity contribution is 7.14. The third-order valence-electron chi connectivity index (χ3n) is 3.09. The van der Waals surface area contributed by atoms with E-state index in [4.69, 9.17) is 0 Å². The van der Waals surface area contributed by atoms with E-state index in [9.17, 15) is 4.79 Å². The number of carbonyl (C=O) groups is 1. The number of hydrogen-bond acceptors (Lipinski definition) is 4. The maximum atomic E-state index is 12.3. The van der Waals surface area contributed by atoms with Gasteiger partial charge in [-0.05, 0) is 52.2 Å². The first-order chi connectivity index (χ1) is 8.16. The van der Waals surface area contributed by atoms with Crippen molar-refractivity contribution in [2.24, 2.45) is 5.92 Å². The van der Waals surface area contributed by atoms with Gasteiger partial charge in [-0.1, -0.05) is 0 Å². The number of nitrogens with zero attached hydrogens (tertiary/aromatic N) is 1. The average molecular weight is 252 g/mol. The average Bonchev–Trinajstić information content (AvgIpc) is 2.77. The minimum atomic E-state index is 0.238. The molecule has 2 heterocycles. The Balaban J connectivity index is 2.01. The molecule has 0 saturated carbocycles. The zero-order chi connectivity index (χ0) is 12.3. The number of ketones is 1. The molecule has 1 aliphatic rings. The highest BCUT2D eigenvalue weighted by atomic mass is 32.1. The predicted molar refractivity (Wildman–Crippen MR) is 71.6 cm³/mol. The molecule has 1 saturated heterocycles. The Labute approximate surface area is 107 Å². The Hall–Kier alpha value is -0.710. The summed E-state index contributed by atoms with van der Waals surface area (Å²) in [5.41, 5.74) is 0. The van der Waals surface area contributed by atoms with Gasteiger partial charge in [-0.2, -0.15) is 0 Å². The number of thiophene rings is 1. The summed E-state index contributed by atoms with van der Waals surface area (Å²) >= 11 is 1.65. The number of Topliss-reactive ketones (excluding diaryl/α,β-unsaturated/α-hetero) is 1. The molecule has 1 N–H and O–H groups in total. The van der Waals surface area contributed by atoms with Gasteiger partial charge in [0, 0.05) is 17.3 Å². The molecular formula is C13H20N2OS. The first-order valence-electron chi connectivity index (χ1n) is 6.15. The predicted octanol–water partition coefficient (Wildman–Crippen LogP) is 1.99. The van der Waals surface area contributed by atoms with E-state index in [0.29, 0.717) is 5.78 Å². The summed E-state index contributed by atoms with van der Waals surface area (Å²) in [6, 6.07) is 4.08. The van der Waals surface area contributed by atoms with Crippen molar-refractivity contribution in [3.05, 3.63) is 21.9 Å². The summed E-state index contributed by atoms with van der Waals surface area (Å²) in [5.74, 6) is 0.587. The van der Waals surface area contributed by atoms with Crippen molar-refractivity contribution in [1.82, 2.24) is 10.2 Å². The molecule has 1 aromatic heterocycles. The number of nitrogens with one attached hydrogen (secondary N) is 1. The van der Waals surface area contributed by atoms with Crippen LogP contribution in [0.25, 0.3) is 0 Å². The fourth-order valence-corrected chi connectivity index (χ4v) is 3.34. The van der Waals surface area contributed by atoms with Crippen molar-refractivity contribution in [3.8, 4) is 0 Å². The molecule has 1 fully saturated rings. The normalized spacial score (nSPS) is 17.6. The van der Waals surface area contributed by atoms with Crippen LogP contribution in [0.5, 0.6) is 0 Å². The minimum Gasteiger partial charge on any atom is -0.317 e. The van der Waals surface area contributed by atoms with Gasteiger partial charge in [-0.3, -0.25) is 4.79 Å². The van der Waals surface area contributed by atoms with Crippen molar-refractivity contribution in [2.75, 3.05) is 27.2 Å². The maximum Gasteiger partial charge on any atom is 0.175 e. The van der Waals surface area contributed by atoms with Gasteiger partial charge >= 0.3 is 0 Å². The SMILES string of the molecule is CN(C)Cc1ccc(C(=O)C2CCNCC2)s1. The van der Waals surface area contributed by atoms with Crippen LogP contribution in [0.2, 0.25) is 0 Å². The monoisotopic (exact) mass is 252 g/mol. The summed E-state index contributed by atoms with van der Waals surface area (Å²) < 4.78 is 0. The van der Waals surface area contributed by atoms with Crippen LogP contribution in [-0.4, -0.2) is 37.9 Å². The van der Waals surface area contributed by atoms with Gasteiger partial charge in [0.1, 0.15) is 0 Å². The highest BCUT2D eigenvalue weighted by Crippen LogP contribution is 2.24. The van der Waals surface area contributed by atoms with E-state index in [2.05, 4.69) is 16.3 Å². The van der Waals surface area contributed by atoms with E-state index in [1.54, 1.807) is 11.3 Å². The maximum absolute atomic E-state index is 12.3. The van der Waals surface area contributed by atoms with Crippen LogP contribution in [0.15, 0.2) is 12.1 Å². The fraction of sp³-hybridized carbons (Fsp3) is 0.615. The van der Waals surface area contributed by atoms with E-state index >= 15 is 0 Å². The lowest BCUT2D eigenvalue weighted by Crippen LogP contribution is -2.31. The Morgan fingerprint density at radius 3 is 2.76 bits per heavy atom. The van der Waals surface area contributed by atoms with E-state index in [0.717, 1.165) is 37.4 Å². The quantitative estimate of drug-likeness (QED) is 0.832.